The number of carbonyl (C=O) groups excluding carboxylic acids is 1. The van der Waals surface area contributed by atoms with Crippen molar-refractivity contribution in [3.63, 3.8) is 0 Å². The Labute approximate surface area is 113 Å². The third kappa shape index (κ3) is 4.33. The SMILES string of the molecule is O=C1NCC[C@@H]1[C@@H](O)CCCOCc1ccccc1. The maximum atomic E-state index is 11.4. The van der Waals surface area contributed by atoms with E-state index < -0.39 is 6.10 Å². The van der Waals surface area contributed by atoms with Gasteiger partial charge in [0.25, 0.3) is 0 Å². The lowest BCUT2D eigenvalue weighted by atomic mass is 9.97. The fourth-order valence-electron chi connectivity index (χ4n) is 2.34. The Morgan fingerprint density at radius 2 is 2.16 bits per heavy atom. The molecule has 1 fully saturated rings. The minimum atomic E-state index is -0.539. The summed E-state index contributed by atoms with van der Waals surface area (Å²) < 4.78 is 5.55. The Hall–Kier alpha value is -1.39. The van der Waals surface area contributed by atoms with Crippen LogP contribution in [-0.4, -0.2) is 30.3 Å². The first kappa shape index (κ1) is 14.0. The van der Waals surface area contributed by atoms with Crippen LogP contribution in [0.15, 0.2) is 30.3 Å². The van der Waals surface area contributed by atoms with E-state index in [4.69, 9.17) is 4.74 Å². The second kappa shape index (κ2) is 7.26. The lowest BCUT2D eigenvalue weighted by Crippen LogP contribution is -2.28. The highest BCUT2D eigenvalue weighted by Gasteiger charge is 2.30. The van der Waals surface area contributed by atoms with Crippen LogP contribution in [0.3, 0.4) is 0 Å². The van der Waals surface area contributed by atoms with Gasteiger partial charge >= 0.3 is 0 Å². The van der Waals surface area contributed by atoms with Crippen molar-refractivity contribution in [3.05, 3.63) is 35.9 Å². The first-order valence-electron chi connectivity index (χ1n) is 6.85. The van der Waals surface area contributed by atoms with Crippen LogP contribution in [-0.2, 0) is 16.1 Å². The van der Waals surface area contributed by atoms with Crippen LogP contribution < -0.4 is 5.32 Å². The second-order valence-electron chi connectivity index (χ2n) is 4.93. The average Bonchev–Trinajstić information content (AvgIpc) is 2.86. The molecule has 2 atom stereocenters. The molecule has 1 aromatic rings. The molecule has 104 valence electrons. The molecule has 4 heteroatoms. The van der Waals surface area contributed by atoms with Gasteiger partial charge in [-0.15, -0.1) is 0 Å². The quantitative estimate of drug-likeness (QED) is 0.733. The summed E-state index contributed by atoms with van der Waals surface area (Å²) in [7, 11) is 0. The minimum absolute atomic E-state index is 0.0160. The zero-order chi connectivity index (χ0) is 13.5. The molecule has 0 unspecified atom stereocenters. The van der Waals surface area contributed by atoms with Crippen LogP contribution in [0.2, 0.25) is 0 Å². The molecule has 0 aromatic heterocycles. The highest BCUT2D eigenvalue weighted by Crippen LogP contribution is 2.17. The summed E-state index contributed by atoms with van der Waals surface area (Å²) in [4.78, 5) is 11.4. The molecule has 1 aromatic carbocycles. The first-order chi connectivity index (χ1) is 9.27. The summed E-state index contributed by atoms with van der Waals surface area (Å²) in [5.74, 6) is -0.244. The van der Waals surface area contributed by atoms with Crippen LogP contribution in [0.25, 0.3) is 0 Å². The van der Waals surface area contributed by atoms with E-state index in [1.807, 2.05) is 30.3 Å². The van der Waals surface area contributed by atoms with E-state index >= 15 is 0 Å². The predicted octanol–water partition coefficient (Wildman–Crippen LogP) is 1.48. The molecule has 0 spiro atoms. The monoisotopic (exact) mass is 263 g/mol. The van der Waals surface area contributed by atoms with Gasteiger partial charge in [0, 0.05) is 13.2 Å². The van der Waals surface area contributed by atoms with Crippen LogP contribution in [0.4, 0.5) is 0 Å². The maximum Gasteiger partial charge on any atom is 0.225 e. The first-order valence-corrected chi connectivity index (χ1v) is 6.85. The van der Waals surface area contributed by atoms with E-state index in [9.17, 15) is 9.90 Å². The number of nitrogens with one attached hydrogen (secondary N) is 1. The summed E-state index contributed by atoms with van der Waals surface area (Å²) in [6, 6.07) is 10.0. The minimum Gasteiger partial charge on any atom is -0.392 e. The maximum absolute atomic E-state index is 11.4. The van der Waals surface area contributed by atoms with Crippen molar-refractivity contribution in [1.82, 2.24) is 5.32 Å². The van der Waals surface area contributed by atoms with Gasteiger partial charge in [0.1, 0.15) is 0 Å². The summed E-state index contributed by atoms with van der Waals surface area (Å²) in [6.07, 6.45) is 1.60. The summed E-state index contributed by atoms with van der Waals surface area (Å²) in [5, 5.41) is 12.7. The molecule has 0 saturated carbocycles. The number of amides is 1. The molecule has 0 aliphatic carbocycles. The molecular weight excluding hydrogens is 242 g/mol. The van der Waals surface area contributed by atoms with Gasteiger partial charge in [0.2, 0.25) is 5.91 Å². The van der Waals surface area contributed by atoms with E-state index in [-0.39, 0.29) is 11.8 Å². The molecule has 19 heavy (non-hydrogen) atoms. The number of hydrogen-bond donors (Lipinski definition) is 2. The molecular formula is C15H21NO3. The van der Waals surface area contributed by atoms with Crippen LogP contribution in [0, 0.1) is 5.92 Å². The lowest BCUT2D eigenvalue weighted by molar-refractivity contribution is -0.125. The largest absolute Gasteiger partial charge is 0.392 e. The number of ether oxygens (including phenoxy) is 1. The van der Waals surface area contributed by atoms with E-state index in [2.05, 4.69) is 5.32 Å². The smallest absolute Gasteiger partial charge is 0.225 e. The topological polar surface area (TPSA) is 58.6 Å². The molecule has 0 bridgehead atoms. The Kier molecular flexibility index (Phi) is 5.36. The Morgan fingerprint density at radius 3 is 2.84 bits per heavy atom. The molecule has 2 N–H and O–H groups in total. The van der Waals surface area contributed by atoms with E-state index in [1.165, 1.54) is 0 Å². The molecule has 1 aliphatic rings. The zero-order valence-corrected chi connectivity index (χ0v) is 11.0. The summed E-state index contributed by atoms with van der Waals surface area (Å²) >= 11 is 0. The van der Waals surface area contributed by atoms with Gasteiger partial charge in [-0.25, -0.2) is 0 Å². The molecule has 1 heterocycles. The van der Waals surface area contributed by atoms with E-state index in [0.29, 0.717) is 26.2 Å². The molecule has 2 rings (SSSR count). The van der Waals surface area contributed by atoms with Crippen molar-refractivity contribution in [1.29, 1.82) is 0 Å². The fraction of sp³-hybridized carbons (Fsp3) is 0.533. The lowest BCUT2D eigenvalue weighted by Gasteiger charge is -2.15. The molecule has 0 radical (unpaired) electrons. The summed E-state index contributed by atoms with van der Waals surface area (Å²) in [6.45, 7) is 1.90. The van der Waals surface area contributed by atoms with Gasteiger partial charge in [-0.1, -0.05) is 30.3 Å². The van der Waals surface area contributed by atoms with Crippen molar-refractivity contribution in [3.8, 4) is 0 Å². The van der Waals surface area contributed by atoms with Gasteiger partial charge in [-0.05, 0) is 24.8 Å². The molecule has 1 aliphatic heterocycles. The number of hydrogen-bond acceptors (Lipinski definition) is 3. The zero-order valence-electron chi connectivity index (χ0n) is 11.0. The highest BCUT2D eigenvalue weighted by molar-refractivity contribution is 5.81. The average molecular weight is 263 g/mol. The number of aliphatic hydroxyl groups excluding tert-OH is 1. The van der Waals surface area contributed by atoms with Gasteiger partial charge in [0.15, 0.2) is 0 Å². The predicted molar refractivity (Wildman–Crippen MR) is 72.5 cm³/mol. The second-order valence-corrected chi connectivity index (χ2v) is 4.93. The number of benzene rings is 1. The van der Waals surface area contributed by atoms with Gasteiger partial charge < -0.3 is 15.2 Å². The van der Waals surface area contributed by atoms with E-state index in [1.54, 1.807) is 0 Å². The van der Waals surface area contributed by atoms with Gasteiger partial charge in [-0.3, -0.25) is 4.79 Å². The summed E-state index contributed by atoms with van der Waals surface area (Å²) in [5.41, 5.74) is 1.15. The molecule has 4 nitrogen and oxygen atoms in total. The molecule has 1 amide bonds. The highest BCUT2D eigenvalue weighted by atomic mass is 16.5. The van der Waals surface area contributed by atoms with Crippen LogP contribution in [0.1, 0.15) is 24.8 Å². The van der Waals surface area contributed by atoms with Crippen molar-refractivity contribution in [2.75, 3.05) is 13.2 Å². The van der Waals surface area contributed by atoms with Gasteiger partial charge in [0.05, 0.1) is 18.6 Å². The number of rotatable bonds is 7. The third-order valence-electron chi connectivity index (χ3n) is 3.46. The van der Waals surface area contributed by atoms with Crippen LogP contribution in [0.5, 0.6) is 0 Å². The number of carbonyl (C=O) groups is 1. The normalized spacial score (nSPS) is 20.3. The van der Waals surface area contributed by atoms with Crippen molar-refractivity contribution < 1.29 is 14.6 Å². The Bertz CT molecular complexity index is 394. The fourth-order valence-corrected chi connectivity index (χ4v) is 2.34. The van der Waals surface area contributed by atoms with Gasteiger partial charge in [-0.2, -0.15) is 0 Å². The van der Waals surface area contributed by atoms with Crippen molar-refractivity contribution in [2.24, 2.45) is 5.92 Å². The number of aliphatic hydroxyl groups is 1. The Morgan fingerprint density at radius 1 is 1.37 bits per heavy atom. The molecule has 1 saturated heterocycles. The third-order valence-corrected chi connectivity index (χ3v) is 3.46. The van der Waals surface area contributed by atoms with Crippen molar-refractivity contribution >= 4 is 5.91 Å². The Balaban J connectivity index is 1.58. The standard InChI is InChI=1S/C15H21NO3/c17-14(13-8-9-16-15(13)18)7-4-10-19-11-12-5-2-1-3-6-12/h1-3,5-6,13-14,17H,4,7-11H2,(H,16,18)/t13-,14+/m1/s1. The van der Waals surface area contributed by atoms with Crippen molar-refractivity contribution in [2.45, 2.75) is 32.0 Å². The van der Waals surface area contributed by atoms with Crippen LogP contribution >= 0.6 is 0 Å². The van der Waals surface area contributed by atoms with E-state index in [0.717, 1.165) is 18.4 Å².